The first kappa shape index (κ1) is 24.2. The molecule has 0 fully saturated rings. The van der Waals surface area contributed by atoms with E-state index < -0.39 is 0 Å². The molecule has 2 unspecified atom stereocenters. The van der Waals surface area contributed by atoms with Crippen molar-refractivity contribution in [3.05, 3.63) is 0 Å². The smallest absolute Gasteiger partial charge is 0.0993 e. The molecule has 0 aromatic rings. The van der Waals surface area contributed by atoms with Gasteiger partial charge in [-0.3, -0.25) is 9.98 Å². The fraction of sp³-hybridized carbons (Fsp3) is 0.920. The SMILES string of the molecule is CCCCCCCCCCCC(C(C)N1CCN=C1CCCCC)N1C=NCC1. The number of hydrogen-bond donors (Lipinski definition) is 0. The molecule has 0 N–H and O–H groups in total. The highest BCUT2D eigenvalue weighted by Gasteiger charge is 2.31. The summed E-state index contributed by atoms with van der Waals surface area (Å²) in [5.74, 6) is 1.37. The summed E-state index contributed by atoms with van der Waals surface area (Å²) < 4.78 is 0. The molecule has 2 aliphatic rings. The molecule has 0 saturated carbocycles. The van der Waals surface area contributed by atoms with Crippen molar-refractivity contribution in [1.82, 2.24) is 9.80 Å². The first-order chi connectivity index (χ1) is 14.3. The van der Waals surface area contributed by atoms with Crippen LogP contribution in [0.4, 0.5) is 0 Å². The van der Waals surface area contributed by atoms with E-state index in [1.807, 2.05) is 0 Å². The molecular weight excluding hydrogens is 356 g/mol. The molecular formula is C25H48N4. The van der Waals surface area contributed by atoms with Crippen LogP contribution in [-0.2, 0) is 0 Å². The van der Waals surface area contributed by atoms with Gasteiger partial charge in [-0.1, -0.05) is 84.5 Å². The summed E-state index contributed by atoms with van der Waals surface area (Å²) in [7, 11) is 0. The van der Waals surface area contributed by atoms with Gasteiger partial charge in [-0.2, -0.15) is 0 Å². The Kier molecular flexibility index (Phi) is 12.4. The number of rotatable bonds is 17. The molecule has 2 heterocycles. The van der Waals surface area contributed by atoms with Crippen molar-refractivity contribution in [2.75, 3.05) is 26.2 Å². The summed E-state index contributed by atoms with van der Waals surface area (Å²) in [6.45, 7) is 11.2. The van der Waals surface area contributed by atoms with Gasteiger partial charge in [0.2, 0.25) is 0 Å². The van der Waals surface area contributed by atoms with Gasteiger partial charge in [0.1, 0.15) is 0 Å². The minimum Gasteiger partial charge on any atom is -0.356 e. The second kappa shape index (κ2) is 14.8. The van der Waals surface area contributed by atoms with Crippen molar-refractivity contribution in [1.29, 1.82) is 0 Å². The fourth-order valence-corrected chi connectivity index (χ4v) is 4.90. The van der Waals surface area contributed by atoms with Crippen molar-refractivity contribution in [2.24, 2.45) is 9.98 Å². The van der Waals surface area contributed by atoms with Crippen LogP contribution in [-0.4, -0.2) is 60.2 Å². The number of aliphatic imine (C=N–C) groups is 2. The second-order valence-electron chi connectivity index (χ2n) is 9.13. The molecule has 2 aliphatic heterocycles. The number of hydrogen-bond acceptors (Lipinski definition) is 4. The van der Waals surface area contributed by atoms with E-state index in [9.17, 15) is 0 Å². The summed E-state index contributed by atoms with van der Waals surface area (Å²) in [6, 6.07) is 1.12. The molecule has 2 rings (SSSR count). The molecule has 0 aromatic heterocycles. The number of nitrogens with zero attached hydrogens (tertiary/aromatic N) is 4. The van der Waals surface area contributed by atoms with Crippen LogP contribution in [0.15, 0.2) is 9.98 Å². The predicted octanol–water partition coefficient (Wildman–Crippen LogP) is 6.30. The predicted molar refractivity (Wildman–Crippen MR) is 128 cm³/mol. The molecule has 2 atom stereocenters. The van der Waals surface area contributed by atoms with Crippen molar-refractivity contribution in [3.63, 3.8) is 0 Å². The third-order valence-corrected chi connectivity index (χ3v) is 6.77. The third kappa shape index (κ3) is 8.68. The standard InChI is InChI=1S/C25H48N4/c1-4-6-8-9-10-11-12-13-15-16-24(28-20-18-26-22-28)23(3)29-21-19-27-25(29)17-14-7-5-2/h22-24H,4-21H2,1-3H3. The molecule has 0 radical (unpaired) electrons. The maximum Gasteiger partial charge on any atom is 0.0993 e. The van der Waals surface area contributed by atoms with Gasteiger partial charge in [0.05, 0.1) is 25.3 Å². The minimum atomic E-state index is 0.538. The Balaban J connectivity index is 1.75. The molecule has 168 valence electrons. The summed E-state index contributed by atoms with van der Waals surface area (Å²) in [5.41, 5.74) is 0. The van der Waals surface area contributed by atoms with E-state index in [0.717, 1.165) is 32.6 Å². The van der Waals surface area contributed by atoms with Gasteiger partial charge < -0.3 is 9.80 Å². The topological polar surface area (TPSA) is 31.2 Å². The molecule has 4 heteroatoms. The van der Waals surface area contributed by atoms with Crippen LogP contribution in [0.2, 0.25) is 0 Å². The van der Waals surface area contributed by atoms with Gasteiger partial charge in [-0.25, -0.2) is 0 Å². The molecule has 0 spiro atoms. The zero-order chi connectivity index (χ0) is 20.7. The van der Waals surface area contributed by atoms with Crippen LogP contribution in [0, 0.1) is 0 Å². The molecule has 0 amide bonds. The Morgan fingerprint density at radius 3 is 2.14 bits per heavy atom. The van der Waals surface area contributed by atoms with Crippen LogP contribution in [0.5, 0.6) is 0 Å². The van der Waals surface area contributed by atoms with Crippen molar-refractivity contribution in [2.45, 2.75) is 123 Å². The van der Waals surface area contributed by atoms with E-state index >= 15 is 0 Å². The van der Waals surface area contributed by atoms with Crippen LogP contribution in [0.3, 0.4) is 0 Å². The van der Waals surface area contributed by atoms with Crippen LogP contribution in [0.25, 0.3) is 0 Å². The van der Waals surface area contributed by atoms with Crippen molar-refractivity contribution in [3.8, 4) is 0 Å². The average Bonchev–Trinajstić information content (AvgIpc) is 3.41. The van der Waals surface area contributed by atoms with E-state index in [-0.39, 0.29) is 0 Å². The second-order valence-corrected chi connectivity index (χ2v) is 9.13. The molecule has 29 heavy (non-hydrogen) atoms. The molecule has 4 nitrogen and oxygen atoms in total. The summed E-state index contributed by atoms with van der Waals surface area (Å²) >= 11 is 0. The monoisotopic (exact) mass is 404 g/mol. The fourth-order valence-electron chi connectivity index (χ4n) is 4.90. The molecule has 0 aromatic carbocycles. The van der Waals surface area contributed by atoms with Gasteiger partial charge in [0.15, 0.2) is 0 Å². The van der Waals surface area contributed by atoms with E-state index in [4.69, 9.17) is 4.99 Å². The molecule has 0 saturated heterocycles. The van der Waals surface area contributed by atoms with Crippen LogP contribution in [0.1, 0.15) is 111 Å². The van der Waals surface area contributed by atoms with E-state index in [0.29, 0.717) is 12.1 Å². The van der Waals surface area contributed by atoms with Gasteiger partial charge in [-0.15, -0.1) is 0 Å². The van der Waals surface area contributed by atoms with E-state index in [2.05, 4.69) is 41.9 Å². The normalized spacial score (nSPS) is 18.5. The Morgan fingerprint density at radius 1 is 0.828 bits per heavy atom. The van der Waals surface area contributed by atoms with Gasteiger partial charge in [0, 0.05) is 31.6 Å². The highest BCUT2D eigenvalue weighted by molar-refractivity contribution is 5.84. The highest BCUT2D eigenvalue weighted by atomic mass is 15.3. The zero-order valence-corrected chi connectivity index (χ0v) is 19.7. The van der Waals surface area contributed by atoms with E-state index in [1.165, 1.54) is 89.3 Å². The largest absolute Gasteiger partial charge is 0.356 e. The first-order valence-electron chi connectivity index (χ1n) is 12.8. The third-order valence-electron chi connectivity index (χ3n) is 6.77. The lowest BCUT2D eigenvalue weighted by Crippen LogP contribution is -2.50. The Hall–Kier alpha value is -1.06. The zero-order valence-electron chi connectivity index (χ0n) is 19.7. The van der Waals surface area contributed by atoms with Crippen molar-refractivity contribution >= 4 is 12.2 Å². The van der Waals surface area contributed by atoms with E-state index in [1.54, 1.807) is 0 Å². The summed E-state index contributed by atoms with van der Waals surface area (Å²) in [4.78, 5) is 14.5. The molecule has 0 bridgehead atoms. The van der Waals surface area contributed by atoms with Crippen molar-refractivity contribution < 1.29 is 0 Å². The van der Waals surface area contributed by atoms with Crippen LogP contribution < -0.4 is 0 Å². The first-order valence-corrected chi connectivity index (χ1v) is 12.8. The molecule has 0 aliphatic carbocycles. The Labute approximate surface area is 181 Å². The maximum absolute atomic E-state index is 4.86. The average molecular weight is 405 g/mol. The Bertz CT molecular complexity index is 473. The van der Waals surface area contributed by atoms with Crippen LogP contribution >= 0.6 is 0 Å². The lowest BCUT2D eigenvalue weighted by Gasteiger charge is -2.39. The summed E-state index contributed by atoms with van der Waals surface area (Å²) in [6.07, 6.45) is 21.1. The number of unbranched alkanes of at least 4 members (excludes halogenated alkanes) is 10. The lowest BCUT2D eigenvalue weighted by atomic mass is 9.98. The van der Waals surface area contributed by atoms with Gasteiger partial charge in [-0.05, 0) is 19.8 Å². The summed E-state index contributed by atoms with van der Waals surface area (Å²) in [5, 5.41) is 0. The maximum atomic E-state index is 4.86. The minimum absolute atomic E-state index is 0.538. The van der Waals surface area contributed by atoms with Gasteiger partial charge >= 0.3 is 0 Å². The van der Waals surface area contributed by atoms with Gasteiger partial charge in [0.25, 0.3) is 0 Å². The number of amidine groups is 1. The Morgan fingerprint density at radius 2 is 1.48 bits per heavy atom. The highest BCUT2D eigenvalue weighted by Crippen LogP contribution is 2.23. The lowest BCUT2D eigenvalue weighted by molar-refractivity contribution is 0.192. The quantitative estimate of drug-likeness (QED) is 0.266.